The minimum absolute atomic E-state index is 0.187. The Morgan fingerprint density at radius 3 is 2.67 bits per heavy atom. The van der Waals surface area contributed by atoms with Gasteiger partial charge in [0.15, 0.2) is 0 Å². The summed E-state index contributed by atoms with van der Waals surface area (Å²) in [6.45, 7) is 6.14. The van der Waals surface area contributed by atoms with Crippen molar-refractivity contribution in [2.75, 3.05) is 19.3 Å². The molecule has 1 saturated carbocycles. The molecule has 4 heteroatoms. The summed E-state index contributed by atoms with van der Waals surface area (Å²) < 4.78 is 0.257. The molecule has 88 valence electrons. The number of nitrogens with one attached hydrogen (secondary N) is 2. The summed E-state index contributed by atoms with van der Waals surface area (Å²) in [7, 11) is 0. The maximum Gasteiger partial charge on any atom is 0.221 e. The predicted molar refractivity (Wildman–Crippen MR) is 66.2 cm³/mol. The Morgan fingerprint density at radius 1 is 1.47 bits per heavy atom. The van der Waals surface area contributed by atoms with Gasteiger partial charge in [-0.05, 0) is 32.9 Å². The van der Waals surface area contributed by atoms with Crippen LogP contribution in [0.4, 0.5) is 0 Å². The first kappa shape index (κ1) is 12.8. The van der Waals surface area contributed by atoms with Crippen molar-refractivity contribution in [2.45, 2.75) is 43.9 Å². The Labute approximate surface area is 96.8 Å². The normalized spacial score (nSPS) is 16.5. The molecule has 0 heterocycles. The molecule has 0 aliphatic heterocycles. The number of carbonyl (C=O) groups excluding carboxylic acids is 1. The minimum Gasteiger partial charge on any atom is -0.353 e. The van der Waals surface area contributed by atoms with Gasteiger partial charge in [0.1, 0.15) is 0 Å². The molecule has 0 aromatic heterocycles. The zero-order valence-electron chi connectivity index (χ0n) is 9.93. The molecule has 15 heavy (non-hydrogen) atoms. The smallest absolute Gasteiger partial charge is 0.221 e. The van der Waals surface area contributed by atoms with E-state index in [0.29, 0.717) is 12.5 Å². The van der Waals surface area contributed by atoms with E-state index in [1.165, 1.54) is 12.8 Å². The van der Waals surface area contributed by atoms with Gasteiger partial charge in [-0.2, -0.15) is 11.8 Å². The van der Waals surface area contributed by atoms with Crippen LogP contribution >= 0.6 is 11.8 Å². The molecule has 1 aliphatic carbocycles. The van der Waals surface area contributed by atoms with Gasteiger partial charge in [-0.15, -0.1) is 0 Å². The average Bonchev–Trinajstić information content (AvgIpc) is 2.96. The number of carbonyl (C=O) groups is 1. The topological polar surface area (TPSA) is 41.1 Å². The van der Waals surface area contributed by atoms with Gasteiger partial charge in [0.2, 0.25) is 5.91 Å². The lowest BCUT2D eigenvalue weighted by Crippen LogP contribution is -2.35. The molecule has 0 spiro atoms. The van der Waals surface area contributed by atoms with Gasteiger partial charge in [0.25, 0.3) is 0 Å². The third-order valence-electron chi connectivity index (χ3n) is 2.57. The monoisotopic (exact) mass is 230 g/mol. The van der Waals surface area contributed by atoms with E-state index in [4.69, 9.17) is 0 Å². The summed E-state index contributed by atoms with van der Waals surface area (Å²) in [4.78, 5) is 11.3. The zero-order chi connectivity index (χ0) is 11.3. The van der Waals surface area contributed by atoms with Crippen LogP contribution in [0.3, 0.4) is 0 Å². The summed E-state index contributed by atoms with van der Waals surface area (Å²) in [5.74, 6) is 0.187. The van der Waals surface area contributed by atoms with Crippen LogP contribution in [0, 0.1) is 0 Å². The molecule has 0 radical (unpaired) electrons. The lowest BCUT2D eigenvalue weighted by molar-refractivity contribution is -0.121. The Morgan fingerprint density at radius 2 is 2.13 bits per heavy atom. The van der Waals surface area contributed by atoms with Crippen LogP contribution in [0.25, 0.3) is 0 Å². The molecule has 0 saturated heterocycles. The summed E-state index contributed by atoms with van der Waals surface area (Å²) in [5, 5.41) is 6.30. The van der Waals surface area contributed by atoms with Crippen molar-refractivity contribution in [1.82, 2.24) is 10.6 Å². The van der Waals surface area contributed by atoms with E-state index in [-0.39, 0.29) is 10.7 Å². The molecule has 0 aromatic rings. The fourth-order valence-corrected chi connectivity index (χ4v) is 1.44. The lowest BCUT2D eigenvalue weighted by Gasteiger charge is -2.22. The second kappa shape index (κ2) is 5.75. The first-order valence-electron chi connectivity index (χ1n) is 5.59. The van der Waals surface area contributed by atoms with Gasteiger partial charge < -0.3 is 10.6 Å². The van der Waals surface area contributed by atoms with Crippen molar-refractivity contribution in [1.29, 1.82) is 0 Å². The number of hydrogen-bond acceptors (Lipinski definition) is 3. The Balaban J connectivity index is 1.98. The van der Waals surface area contributed by atoms with Crippen LogP contribution in [-0.2, 0) is 4.79 Å². The van der Waals surface area contributed by atoms with E-state index < -0.39 is 0 Å². The summed E-state index contributed by atoms with van der Waals surface area (Å²) in [6, 6.07) is 0.486. The van der Waals surface area contributed by atoms with Crippen LogP contribution < -0.4 is 10.6 Å². The molecule has 0 aromatic carbocycles. The minimum atomic E-state index is 0.187. The number of hydrogen-bond donors (Lipinski definition) is 2. The molecule has 0 bridgehead atoms. The van der Waals surface area contributed by atoms with Gasteiger partial charge in [0, 0.05) is 30.3 Å². The van der Waals surface area contributed by atoms with E-state index in [1.54, 1.807) is 0 Å². The fraction of sp³-hybridized carbons (Fsp3) is 0.909. The first-order chi connectivity index (χ1) is 7.03. The van der Waals surface area contributed by atoms with Crippen molar-refractivity contribution < 1.29 is 4.79 Å². The number of amides is 1. The van der Waals surface area contributed by atoms with Crippen molar-refractivity contribution >= 4 is 17.7 Å². The highest BCUT2D eigenvalue weighted by atomic mass is 32.2. The highest BCUT2D eigenvalue weighted by Crippen LogP contribution is 2.19. The van der Waals surface area contributed by atoms with Crippen molar-refractivity contribution in [2.24, 2.45) is 0 Å². The third-order valence-corrected chi connectivity index (χ3v) is 3.82. The average molecular weight is 230 g/mol. The predicted octanol–water partition coefficient (Wildman–Crippen LogP) is 1.39. The van der Waals surface area contributed by atoms with Crippen molar-refractivity contribution in [3.05, 3.63) is 0 Å². The van der Waals surface area contributed by atoms with Crippen LogP contribution in [-0.4, -0.2) is 36.0 Å². The second-order valence-corrected chi connectivity index (χ2v) is 6.25. The molecular weight excluding hydrogens is 208 g/mol. The van der Waals surface area contributed by atoms with E-state index in [9.17, 15) is 4.79 Å². The molecule has 1 amide bonds. The number of rotatable bonds is 7. The van der Waals surface area contributed by atoms with Gasteiger partial charge >= 0.3 is 0 Å². The molecule has 0 unspecified atom stereocenters. The van der Waals surface area contributed by atoms with Gasteiger partial charge in [-0.3, -0.25) is 4.79 Å². The zero-order valence-corrected chi connectivity index (χ0v) is 10.7. The van der Waals surface area contributed by atoms with E-state index in [2.05, 4.69) is 30.7 Å². The fourth-order valence-electron chi connectivity index (χ4n) is 1.19. The molecule has 1 aliphatic rings. The van der Waals surface area contributed by atoms with Crippen LogP contribution in [0.2, 0.25) is 0 Å². The van der Waals surface area contributed by atoms with Crippen molar-refractivity contribution in [3.63, 3.8) is 0 Å². The molecule has 3 nitrogen and oxygen atoms in total. The SMILES string of the molecule is CSC(C)(C)CNCCC(=O)NC1CC1. The molecule has 2 N–H and O–H groups in total. The maximum absolute atomic E-state index is 11.3. The van der Waals surface area contributed by atoms with Crippen LogP contribution in [0.5, 0.6) is 0 Å². The summed E-state index contributed by atoms with van der Waals surface area (Å²) >= 11 is 1.84. The van der Waals surface area contributed by atoms with E-state index >= 15 is 0 Å². The Kier molecular flexibility index (Phi) is 4.93. The van der Waals surface area contributed by atoms with E-state index in [0.717, 1.165) is 13.1 Å². The quantitative estimate of drug-likeness (QED) is 0.649. The van der Waals surface area contributed by atoms with Crippen molar-refractivity contribution in [3.8, 4) is 0 Å². The van der Waals surface area contributed by atoms with Gasteiger partial charge in [-0.1, -0.05) is 0 Å². The molecular formula is C11H22N2OS. The Hall–Kier alpha value is -0.220. The maximum atomic E-state index is 11.3. The number of thioether (sulfide) groups is 1. The molecule has 0 atom stereocenters. The lowest BCUT2D eigenvalue weighted by atomic mass is 10.2. The molecule has 1 rings (SSSR count). The largest absolute Gasteiger partial charge is 0.353 e. The highest BCUT2D eigenvalue weighted by Gasteiger charge is 2.22. The van der Waals surface area contributed by atoms with E-state index in [1.807, 2.05) is 11.8 Å². The Bertz CT molecular complexity index is 215. The van der Waals surface area contributed by atoms with Gasteiger partial charge in [0.05, 0.1) is 0 Å². The highest BCUT2D eigenvalue weighted by molar-refractivity contribution is 7.99. The second-order valence-electron chi connectivity index (χ2n) is 4.73. The first-order valence-corrected chi connectivity index (χ1v) is 6.81. The van der Waals surface area contributed by atoms with Crippen LogP contribution in [0.15, 0.2) is 0 Å². The molecule has 1 fully saturated rings. The standard InChI is InChI=1S/C11H22N2OS/c1-11(2,15-3)8-12-7-6-10(14)13-9-4-5-9/h9,12H,4-8H2,1-3H3,(H,13,14). The van der Waals surface area contributed by atoms with Crippen LogP contribution in [0.1, 0.15) is 33.1 Å². The summed E-state index contributed by atoms with van der Waals surface area (Å²) in [5.41, 5.74) is 0. The summed E-state index contributed by atoms with van der Waals surface area (Å²) in [6.07, 6.45) is 5.04. The van der Waals surface area contributed by atoms with Gasteiger partial charge in [-0.25, -0.2) is 0 Å². The third kappa shape index (κ3) is 6.05.